The summed E-state index contributed by atoms with van der Waals surface area (Å²) in [6.45, 7) is 0.345. The first kappa shape index (κ1) is 21.9. The van der Waals surface area contributed by atoms with Gasteiger partial charge >= 0.3 is 0 Å². The van der Waals surface area contributed by atoms with Crippen molar-refractivity contribution in [1.82, 2.24) is 20.3 Å². The summed E-state index contributed by atoms with van der Waals surface area (Å²) in [5, 5.41) is 31.5. The molecule has 0 radical (unpaired) electrons. The molecular formula is C22H29FN4O4. The Hall–Kier alpha value is -2.36. The van der Waals surface area contributed by atoms with Gasteiger partial charge in [0.1, 0.15) is 23.2 Å². The van der Waals surface area contributed by atoms with E-state index in [2.05, 4.69) is 15.6 Å². The summed E-state index contributed by atoms with van der Waals surface area (Å²) < 4.78 is 21.6. The van der Waals surface area contributed by atoms with Crippen molar-refractivity contribution >= 4 is 5.91 Å². The Morgan fingerprint density at radius 2 is 2.06 bits per heavy atom. The smallest absolute Gasteiger partial charge is 0.254 e. The van der Waals surface area contributed by atoms with Crippen LogP contribution in [0.5, 0.6) is 0 Å². The summed E-state index contributed by atoms with van der Waals surface area (Å²) in [6.07, 6.45) is 6.57. The largest absolute Gasteiger partial charge is 0.394 e. The van der Waals surface area contributed by atoms with E-state index in [0.29, 0.717) is 31.5 Å². The van der Waals surface area contributed by atoms with E-state index in [0.717, 1.165) is 25.7 Å². The van der Waals surface area contributed by atoms with Gasteiger partial charge in [-0.05, 0) is 44.2 Å². The number of aliphatic hydroxyl groups is 2. The third-order valence-electron chi connectivity index (χ3n) is 6.36. The zero-order valence-electron chi connectivity index (χ0n) is 17.4. The molecule has 2 aromatic rings. The molecule has 0 bridgehead atoms. The van der Waals surface area contributed by atoms with Crippen LogP contribution < -0.4 is 5.32 Å². The van der Waals surface area contributed by atoms with Gasteiger partial charge in [-0.15, -0.1) is 5.10 Å². The lowest BCUT2D eigenvalue weighted by atomic mass is 9.96. The van der Waals surface area contributed by atoms with Crippen LogP contribution in [0.1, 0.15) is 61.0 Å². The van der Waals surface area contributed by atoms with Crippen molar-refractivity contribution in [3.63, 3.8) is 0 Å². The molecule has 2 heterocycles. The van der Waals surface area contributed by atoms with Gasteiger partial charge in [0.05, 0.1) is 30.5 Å². The quantitative estimate of drug-likeness (QED) is 0.617. The maximum absolute atomic E-state index is 13.9. The average Bonchev–Trinajstić information content (AvgIpc) is 3.43. The molecule has 1 aromatic carbocycles. The van der Waals surface area contributed by atoms with E-state index >= 15 is 0 Å². The molecule has 3 atom stereocenters. The standard InChI is InChI=1S/C22H29FN4O4/c23-17-6-2-1-5-16(17)21(29)24-18-8-7-15(31-19(18)14-28)9-12-27-13-20(25-26-27)22(30)10-3-4-11-22/h1-2,5-6,13,15,18-19,28,30H,3-4,7-12,14H2,(H,24,29)/t15-,18-,19+/m0/s1. The fourth-order valence-electron chi connectivity index (χ4n) is 4.51. The molecule has 4 rings (SSSR count). The molecule has 1 aromatic heterocycles. The molecule has 3 N–H and O–H groups in total. The molecule has 1 saturated heterocycles. The molecule has 31 heavy (non-hydrogen) atoms. The molecule has 168 valence electrons. The lowest BCUT2D eigenvalue weighted by Gasteiger charge is -2.36. The van der Waals surface area contributed by atoms with Crippen molar-refractivity contribution in [2.45, 2.75) is 75.3 Å². The summed E-state index contributed by atoms with van der Waals surface area (Å²) in [4.78, 5) is 12.4. The van der Waals surface area contributed by atoms with Crippen molar-refractivity contribution in [1.29, 1.82) is 0 Å². The fourth-order valence-corrected chi connectivity index (χ4v) is 4.51. The Balaban J connectivity index is 1.29. The van der Waals surface area contributed by atoms with Crippen molar-refractivity contribution in [3.05, 3.63) is 47.5 Å². The number of aryl methyl sites for hydroxylation is 1. The molecule has 0 unspecified atom stereocenters. The highest BCUT2D eigenvalue weighted by molar-refractivity contribution is 5.94. The maximum Gasteiger partial charge on any atom is 0.254 e. The van der Waals surface area contributed by atoms with E-state index in [1.807, 2.05) is 0 Å². The minimum Gasteiger partial charge on any atom is -0.394 e. The van der Waals surface area contributed by atoms with E-state index in [4.69, 9.17) is 4.74 Å². The topological polar surface area (TPSA) is 110 Å². The molecule has 1 saturated carbocycles. The number of aromatic nitrogens is 3. The highest BCUT2D eigenvalue weighted by Crippen LogP contribution is 2.37. The molecule has 8 nitrogen and oxygen atoms in total. The lowest BCUT2D eigenvalue weighted by Crippen LogP contribution is -2.51. The minimum atomic E-state index is -0.856. The Bertz CT molecular complexity index is 899. The highest BCUT2D eigenvalue weighted by Gasteiger charge is 2.36. The number of ether oxygens (including phenoxy) is 1. The van der Waals surface area contributed by atoms with Gasteiger partial charge in [0, 0.05) is 6.54 Å². The van der Waals surface area contributed by atoms with Gasteiger partial charge in [-0.2, -0.15) is 0 Å². The van der Waals surface area contributed by atoms with Gasteiger partial charge in [0.2, 0.25) is 0 Å². The van der Waals surface area contributed by atoms with Crippen LogP contribution in [-0.2, 0) is 16.9 Å². The van der Waals surface area contributed by atoms with Crippen molar-refractivity contribution in [2.24, 2.45) is 0 Å². The van der Waals surface area contributed by atoms with Crippen LogP contribution in [0.2, 0.25) is 0 Å². The van der Waals surface area contributed by atoms with Gasteiger partial charge in [0.25, 0.3) is 5.91 Å². The lowest BCUT2D eigenvalue weighted by molar-refractivity contribution is -0.0912. The number of aliphatic hydroxyl groups excluding tert-OH is 1. The SMILES string of the molecule is O=C(N[C@H]1CC[C@@H](CCn2cc(C3(O)CCCC3)nn2)O[C@@H]1CO)c1ccccc1F. The Kier molecular flexibility index (Phi) is 6.64. The summed E-state index contributed by atoms with van der Waals surface area (Å²) in [7, 11) is 0. The second kappa shape index (κ2) is 9.42. The van der Waals surface area contributed by atoms with Crippen molar-refractivity contribution < 1.29 is 24.1 Å². The third-order valence-corrected chi connectivity index (χ3v) is 6.36. The number of hydrogen-bond acceptors (Lipinski definition) is 6. The molecule has 9 heteroatoms. The van der Waals surface area contributed by atoms with Crippen LogP contribution in [0.3, 0.4) is 0 Å². The molecular weight excluding hydrogens is 403 g/mol. The molecule has 1 aliphatic heterocycles. The van der Waals surface area contributed by atoms with Crippen LogP contribution in [0, 0.1) is 5.82 Å². The summed E-state index contributed by atoms with van der Waals surface area (Å²) in [5.41, 5.74) is -0.253. The molecule has 1 aliphatic carbocycles. The number of rotatable bonds is 7. The first-order valence-corrected chi connectivity index (χ1v) is 10.9. The van der Waals surface area contributed by atoms with Gasteiger partial charge < -0.3 is 20.3 Å². The van der Waals surface area contributed by atoms with E-state index in [-0.39, 0.29) is 24.3 Å². The first-order valence-electron chi connectivity index (χ1n) is 10.9. The van der Waals surface area contributed by atoms with Crippen LogP contribution in [0.4, 0.5) is 4.39 Å². The summed E-state index contributed by atoms with van der Waals surface area (Å²) in [6, 6.07) is 5.42. The predicted molar refractivity (Wildman–Crippen MR) is 110 cm³/mol. The monoisotopic (exact) mass is 432 g/mol. The number of nitrogens with zero attached hydrogens (tertiary/aromatic N) is 3. The van der Waals surface area contributed by atoms with Gasteiger partial charge in [-0.25, -0.2) is 4.39 Å². The second-order valence-corrected chi connectivity index (χ2v) is 8.51. The van der Waals surface area contributed by atoms with E-state index < -0.39 is 23.4 Å². The second-order valence-electron chi connectivity index (χ2n) is 8.51. The van der Waals surface area contributed by atoms with E-state index in [1.165, 1.54) is 18.2 Å². The Morgan fingerprint density at radius 1 is 1.29 bits per heavy atom. The third kappa shape index (κ3) is 4.94. The summed E-state index contributed by atoms with van der Waals surface area (Å²) in [5.74, 6) is -1.09. The maximum atomic E-state index is 13.9. The van der Waals surface area contributed by atoms with Crippen LogP contribution >= 0.6 is 0 Å². The Labute approximate surface area is 180 Å². The van der Waals surface area contributed by atoms with Gasteiger partial charge in [-0.3, -0.25) is 9.48 Å². The molecule has 2 aliphatic rings. The van der Waals surface area contributed by atoms with Gasteiger partial charge in [0.15, 0.2) is 0 Å². The van der Waals surface area contributed by atoms with Crippen molar-refractivity contribution in [3.8, 4) is 0 Å². The average molecular weight is 432 g/mol. The molecule has 1 amide bonds. The molecule has 0 spiro atoms. The highest BCUT2D eigenvalue weighted by atomic mass is 19.1. The fraction of sp³-hybridized carbons (Fsp3) is 0.591. The van der Waals surface area contributed by atoms with Gasteiger partial charge in [-0.1, -0.05) is 30.2 Å². The van der Waals surface area contributed by atoms with Crippen molar-refractivity contribution in [2.75, 3.05) is 6.61 Å². The van der Waals surface area contributed by atoms with E-state index in [9.17, 15) is 19.4 Å². The number of carbonyl (C=O) groups excluding carboxylic acids is 1. The van der Waals surface area contributed by atoms with E-state index in [1.54, 1.807) is 16.9 Å². The number of benzene rings is 1. The number of nitrogens with one attached hydrogen (secondary N) is 1. The summed E-state index contributed by atoms with van der Waals surface area (Å²) >= 11 is 0. The number of amides is 1. The molecule has 2 fully saturated rings. The predicted octanol–water partition coefficient (Wildman–Crippen LogP) is 1.91. The Morgan fingerprint density at radius 3 is 2.81 bits per heavy atom. The first-order chi connectivity index (χ1) is 15.0. The number of carbonyl (C=O) groups is 1. The van der Waals surface area contributed by atoms with Crippen LogP contribution in [-0.4, -0.2) is 56.0 Å². The number of hydrogen-bond donors (Lipinski definition) is 3. The van der Waals surface area contributed by atoms with Crippen LogP contribution in [0.25, 0.3) is 0 Å². The zero-order chi connectivity index (χ0) is 21.8. The normalized spacial score (nSPS) is 25.5. The zero-order valence-corrected chi connectivity index (χ0v) is 17.4. The van der Waals surface area contributed by atoms with Crippen LogP contribution in [0.15, 0.2) is 30.5 Å². The number of halogens is 1. The minimum absolute atomic E-state index is 0.0211.